The molecule has 2 aliphatic rings. The van der Waals surface area contributed by atoms with Gasteiger partial charge in [-0.05, 0) is 31.6 Å². The average Bonchev–Trinajstić information content (AvgIpc) is 2.35. The number of hydrazone groups is 1. The molecule has 0 unspecified atom stereocenters. The van der Waals surface area contributed by atoms with Crippen molar-refractivity contribution in [2.45, 2.75) is 51.5 Å². The van der Waals surface area contributed by atoms with Crippen LogP contribution >= 0.6 is 0 Å². The standard InChI is InChI=1S/C13H21N3O2/c1-9-3-5-10(6-4-9)14-13(18)11-7-8-12(17)16(2)15-11/h9-10H,3-8H2,1-2H3,(H,14,18). The van der Waals surface area contributed by atoms with Crippen LogP contribution in [0.3, 0.4) is 0 Å². The number of nitrogens with one attached hydrogen (secondary N) is 1. The van der Waals surface area contributed by atoms with Gasteiger partial charge in [0.05, 0.1) is 0 Å². The van der Waals surface area contributed by atoms with Crippen LogP contribution in [0.2, 0.25) is 0 Å². The molecule has 0 aromatic heterocycles. The molecule has 5 nitrogen and oxygen atoms in total. The Morgan fingerprint density at radius 3 is 2.56 bits per heavy atom. The fourth-order valence-corrected chi connectivity index (χ4v) is 2.51. The van der Waals surface area contributed by atoms with Crippen molar-refractivity contribution in [3.05, 3.63) is 0 Å². The van der Waals surface area contributed by atoms with Gasteiger partial charge in [-0.2, -0.15) is 5.10 Å². The topological polar surface area (TPSA) is 61.8 Å². The molecule has 0 aromatic rings. The van der Waals surface area contributed by atoms with E-state index >= 15 is 0 Å². The molecule has 1 aliphatic carbocycles. The summed E-state index contributed by atoms with van der Waals surface area (Å²) in [6.07, 6.45) is 5.29. The van der Waals surface area contributed by atoms with E-state index in [-0.39, 0.29) is 17.9 Å². The number of hydrogen-bond acceptors (Lipinski definition) is 3. The van der Waals surface area contributed by atoms with Gasteiger partial charge in [0, 0.05) is 25.9 Å². The number of nitrogens with zero attached hydrogens (tertiary/aromatic N) is 2. The van der Waals surface area contributed by atoms with Crippen LogP contribution in [0.25, 0.3) is 0 Å². The number of hydrogen-bond donors (Lipinski definition) is 1. The van der Waals surface area contributed by atoms with Crippen molar-refractivity contribution >= 4 is 17.5 Å². The fraction of sp³-hybridized carbons (Fsp3) is 0.769. The van der Waals surface area contributed by atoms with Gasteiger partial charge in [-0.3, -0.25) is 9.59 Å². The van der Waals surface area contributed by atoms with Gasteiger partial charge in [0.25, 0.3) is 5.91 Å². The fourth-order valence-electron chi connectivity index (χ4n) is 2.51. The highest BCUT2D eigenvalue weighted by molar-refractivity contribution is 6.39. The molecule has 100 valence electrons. The summed E-state index contributed by atoms with van der Waals surface area (Å²) in [5.74, 6) is 0.640. The second-order valence-corrected chi connectivity index (χ2v) is 5.39. The molecule has 0 bridgehead atoms. The van der Waals surface area contributed by atoms with Crippen molar-refractivity contribution in [1.82, 2.24) is 10.3 Å². The van der Waals surface area contributed by atoms with Crippen LogP contribution < -0.4 is 5.32 Å². The van der Waals surface area contributed by atoms with Crippen LogP contribution in [0, 0.1) is 5.92 Å². The Morgan fingerprint density at radius 2 is 1.94 bits per heavy atom. The minimum absolute atomic E-state index is 0.0296. The monoisotopic (exact) mass is 251 g/mol. The van der Waals surface area contributed by atoms with Crippen molar-refractivity contribution in [2.24, 2.45) is 11.0 Å². The van der Waals surface area contributed by atoms with E-state index < -0.39 is 0 Å². The van der Waals surface area contributed by atoms with Gasteiger partial charge in [-0.15, -0.1) is 0 Å². The first kappa shape index (κ1) is 13.1. The van der Waals surface area contributed by atoms with Crippen molar-refractivity contribution < 1.29 is 9.59 Å². The van der Waals surface area contributed by atoms with Crippen LogP contribution in [-0.2, 0) is 9.59 Å². The largest absolute Gasteiger partial charge is 0.348 e. The zero-order chi connectivity index (χ0) is 13.1. The SMILES string of the molecule is CC1CCC(NC(=O)C2=NN(C)C(=O)CC2)CC1. The van der Waals surface area contributed by atoms with Crippen LogP contribution in [0.5, 0.6) is 0 Å². The van der Waals surface area contributed by atoms with Crippen LogP contribution in [0.15, 0.2) is 5.10 Å². The van der Waals surface area contributed by atoms with Crippen molar-refractivity contribution in [3.63, 3.8) is 0 Å². The first-order chi connectivity index (χ1) is 8.56. The third-order valence-electron chi connectivity index (χ3n) is 3.82. The normalized spacial score (nSPS) is 28.9. The molecule has 5 heteroatoms. The molecule has 0 atom stereocenters. The third-order valence-corrected chi connectivity index (χ3v) is 3.82. The van der Waals surface area contributed by atoms with E-state index in [1.54, 1.807) is 7.05 Å². The molecular formula is C13H21N3O2. The van der Waals surface area contributed by atoms with Crippen molar-refractivity contribution in [3.8, 4) is 0 Å². The summed E-state index contributed by atoms with van der Waals surface area (Å²) in [5.41, 5.74) is 0.482. The van der Waals surface area contributed by atoms with E-state index in [0.29, 0.717) is 18.6 Å². The molecule has 0 aromatic carbocycles. The summed E-state index contributed by atoms with van der Waals surface area (Å²) in [7, 11) is 1.59. The number of carbonyl (C=O) groups is 2. The summed E-state index contributed by atoms with van der Waals surface area (Å²) < 4.78 is 0. The van der Waals surface area contributed by atoms with E-state index in [1.165, 1.54) is 17.9 Å². The molecular weight excluding hydrogens is 230 g/mol. The van der Waals surface area contributed by atoms with Gasteiger partial charge in [0.2, 0.25) is 5.91 Å². The smallest absolute Gasteiger partial charge is 0.267 e. The van der Waals surface area contributed by atoms with Crippen LogP contribution in [0.1, 0.15) is 45.4 Å². The Labute approximate surface area is 108 Å². The van der Waals surface area contributed by atoms with Gasteiger partial charge < -0.3 is 5.32 Å². The van der Waals surface area contributed by atoms with Gasteiger partial charge in [0.1, 0.15) is 5.71 Å². The van der Waals surface area contributed by atoms with Crippen molar-refractivity contribution in [1.29, 1.82) is 0 Å². The van der Waals surface area contributed by atoms with E-state index in [2.05, 4.69) is 17.3 Å². The summed E-state index contributed by atoms with van der Waals surface area (Å²) in [6, 6.07) is 0.277. The maximum absolute atomic E-state index is 12.0. The molecule has 0 radical (unpaired) electrons. The summed E-state index contributed by atoms with van der Waals surface area (Å²) in [6.45, 7) is 2.25. The van der Waals surface area contributed by atoms with Gasteiger partial charge in [0.15, 0.2) is 0 Å². The molecule has 18 heavy (non-hydrogen) atoms. The number of rotatable bonds is 2. The maximum Gasteiger partial charge on any atom is 0.267 e. The number of carbonyl (C=O) groups excluding carboxylic acids is 2. The van der Waals surface area contributed by atoms with Crippen molar-refractivity contribution in [2.75, 3.05) is 7.05 Å². The Bertz CT molecular complexity index is 370. The lowest BCUT2D eigenvalue weighted by atomic mass is 9.87. The predicted octanol–water partition coefficient (Wildman–Crippen LogP) is 1.29. The Hall–Kier alpha value is -1.39. The third kappa shape index (κ3) is 3.09. The summed E-state index contributed by atoms with van der Waals surface area (Å²) >= 11 is 0. The molecule has 2 amide bonds. The number of amides is 2. The maximum atomic E-state index is 12.0. The van der Waals surface area contributed by atoms with Gasteiger partial charge in [-0.25, -0.2) is 5.01 Å². The molecule has 1 saturated carbocycles. The second kappa shape index (κ2) is 5.50. The van der Waals surface area contributed by atoms with Gasteiger partial charge in [-0.1, -0.05) is 6.92 Å². The first-order valence-corrected chi connectivity index (χ1v) is 6.71. The highest BCUT2D eigenvalue weighted by Gasteiger charge is 2.25. The molecule has 1 N–H and O–H groups in total. The minimum Gasteiger partial charge on any atom is -0.348 e. The van der Waals surface area contributed by atoms with E-state index in [4.69, 9.17) is 0 Å². The summed E-state index contributed by atoms with van der Waals surface area (Å²) in [4.78, 5) is 23.3. The van der Waals surface area contributed by atoms with E-state index in [1.807, 2.05) is 0 Å². The van der Waals surface area contributed by atoms with E-state index in [0.717, 1.165) is 18.8 Å². The second-order valence-electron chi connectivity index (χ2n) is 5.39. The molecule has 2 rings (SSSR count). The van der Waals surface area contributed by atoms with Crippen LogP contribution in [-0.4, -0.2) is 35.6 Å². The molecule has 1 aliphatic heterocycles. The zero-order valence-electron chi connectivity index (χ0n) is 11.1. The Balaban J connectivity index is 1.88. The minimum atomic E-state index is -0.103. The van der Waals surface area contributed by atoms with E-state index in [9.17, 15) is 9.59 Å². The average molecular weight is 251 g/mol. The van der Waals surface area contributed by atoms with Crippen LogP contribution in [0.4, 0.5) is 0 Å². The highest BCUT2D eigenvalue weighted by atomic mass is 16.2. The highest BCUT2D eigenvalue weighted by Crippen LogP contribution is 2.23. The predicted molar refractivity (Wildman–Crippen MR) is 69.0 cm³/mol. The lowest BCUT2D eigenvalue weighted by Crippen LogP contribution is -2.43. The lowest BCUT2D eigenvalue weighted by Gasteiger charge is -2.27. The molecule has 0 spiro atoms. The lowest BCUT2D eigenvalue weighted by molar-refractivity contribution is -0.130. The zero-order valence-corrected chi connectivity index (χ0v) is 11.1. The first-order valence-electron chi connectivity index (χ1n) is 6.71. The van der Waals surface area contributed by atoms with Gasteiger partial charge >= 0.3 is 0 Å². The Morgan fingerprint density at radius 1 is 1.28 bits per heavy atom. The Kier molecular flexibility index (Phi) is 3.99. The quantitative estimate of drug-likeness (QED) is 0.804. The molecule has 0 saturated heterocycles. The molecule has 1 heterocycles. The summed E-state index contributed by atoms with van der Waals surface area (Å²) in [5, 5.41) is 8.33. The molecule has 1 fully saturated rings.